The van der Waals surface area contributed by atoms with Gasteiger partial charge in [0.1, 0.15) is 12.4 Å². The van der Waals surface area contributed by atoms with Crippen molar-refractivity contribution in [2.45, 2.75) is 13.1 Å². The molecule has 1 rings (SSSR count). The van der Waals surface area contributed by atoms with E-state index >= 15 is 0 Å². The fourth-order valence-corrected chi connectivity index (χ4v) is 1.67. The molecular weight excluding hydrogens is 438 g/mol. The van der Waals surface area contributed by atoms with Gasteiger partial charge in [-0.2, -0.15) is 13.2 Å². The number of guanidine groups is 1. The molecule has 0 amide bonds. The van der Waals surface area contributed by atoms with Crippen molar-refractivity contribution < 1.29 is 22.6 Å². The van der Waals surface area contributed by atoms with Gasteiger partial charge in [-0.15, -0.1) is 24.0 Å². The highest BCUT2D eigenvalue weighted by Gasteiger charge is 2.29. The number of alkyl halides is 3. The van der Waals surface area contributed by atoms with Crippen LogP contribution < -0.4 is 15.4 Å². The fourth-order valence-electron chi connectivity index (χ4n) is 1.67. The van der Waals surface area contributed by atoms with Crippen LogP contribution in [0.25, 0.3) is 0 Å². The third-order valence-electron chi connectivity index (χ3n) is 2.75. The molecule has 0 saturated carbocycles. The monoisotopic (exact) mass is 461 g/mol. The smallest absolute Gasteiger partial charge is 0.416 e. The molecule has 24 heavy (non-hydrogen) atoms. The van der Waals surface area contributed by atoms with E-state index in [0.717, 1.165) is 18.7 Å². The van der Waals surface area contributed by atoms with E-state index in [1.54, 1.807) is 7.11 Å². The van der Waals surface area contributed by atoms with Gasteiger partial charge in [-0.3, -0.25) is 4.99 Å². The van der Waals surface area contributed by atoms with E-state index < -0.39 is 11.7 Å². The van der Waals surface area contributed by atoms with E-state index in [-0.39, 0.29) is 24.0 Å². The molecule has 9 heteroatoms. The second-order valence-corrected chi connectivity index (χ2v) is 4.55. The summed E-state index contributed by atoms with van der Waals surface area (Å²) in [7, 11) is 1.60. The average Bonchev–Trinajstić information content (AvgIpc) is 2.51. The van der Waals surface area contributed by atoms with Crippen LogP contribution in [0.3, 0.4) is 0 Å². The van der Waals surface area contributed by atoms with Crippen LogP contribution in [-0.4, -0.2) is 45.9 Å². The Balaban J connectivity index is 0.00000529. The molecule has 0 spiro atoms. The van der Waals surface area contributed by atoms with Gasteiger partial charge in [0.05, 0.1) is 25.3 Å². The predicted molar refractivity (Wildman–Crippen MR) is 98.2 cm³/mol. The van der Waals surface area contributed by atoms with Crippen LogP contribution in [-0.2, 0) is 10.9 Å². The molecule has 0 aliphatic carbocycles. The molecule has 0 bridgehead atoms. The lowest BCUT2D eigenvalue weighted by atomic mass is 10.2. The van der Waals surface area contributed by atoms with Crippen molar-refractivity contribution in [1.82, 2.24) is 10.6 Å². The third kappa shape index (κ3) is 9.16. The molecule has 1 aromatic carbocycles. The second-order valence-electron chi connectivity index (χ2n) is 4.55. The predicted octanol–water partition coefficient (Wildman–Crippen LogP) is 2.90. The first-order chi connectivity index (χ1) is 11.0. The van der Waals surface area contributed by atoms with E-state index in [0.29, 0.717) is 38.0 Å². The van der Waals surface area contributed by atoms with Gasteiger partial charge in [-0.1, -0.05) is 0 Å². The SMILES string of the molecule is CCNC(=NCCOC)NCCOc1ccc(C(F)(F)F)cc1.I. The molecular formula is C15H23F3IN3O2. The average molecular weight is 461 g/mol. The minimum atomic E-state index is -4.33. The number of nitrogens with zero attached hydrogens (tertiary/aromatic N) is 1. The molecule has 0 saturated heterocycles. The summed E-state index contributed by atoms with van der Waals surface area (Å²) in [4.78, 5) is 4.28. The molecule has 0 aliphatic rings. The summed E-state index contributed by atoms with van der Waals surface area (Å²) in [5, 5.41) is 6.13. The van der Waals surface area contributed by atoms with Gasteiger partial charge in [0.2, 0.25) is 0 Å². The Bertz CT molecular complexity index is 482. The summed E-state index contributed by atoms with van der Waals surface area (Å²) in [6.45, 7) is 4.51. The van der Waals surface area contributed by atoms with Gasteiger partial charge >= 0.3 is 6.18 Å². The molecule has 0 heterocycles. The van der Waals surface area contributed by atoms with E-state index in [4.69, 9.17) is 9.47 Å². The van der Waals surface area contributed by atoms with Gasteiger partial charge in [0.25, 0.3) is 0 Å². The number of nitrogens with one attached hydrogen (secondary N) is 2. The zero-order valence-corrected chi connectivity index (χ0v) is 16.0. The highest BCUT2D eigenvalue weighted by Crippen LogP contribution is 2.30. The van der Waals surface area contributed by atoms with Crippen LogP contribution in [0.15, 0.2) is 29.3 Å². The fraction of sp³-hybridized carbons (Fsp3) is 0.533. The topological polar surface area (TPSA) is 54.9 Å². The Morgan fingerprint density at radius 3 is 2.33 bits per heavy atom. The van der Waals surface area contributed by atoms with Crippen molar-refractivity contribution in [3.05, 3.63) is 29.8 Å². The maximum Gasteiger partial charge on any atom is 0.416 e. The van der Waals surface area contributed by atoms with E-state index in [9.17, 15) is 13.2 Å². The first-order valence-electron chi connectivity index (χ1n) is 7.28. The quantitative estimate of drug-likeness (QED) is 0.271. The highest BCUT2D eigenvalue weighted by molar-refractivity contribution is 14.0. The van der Waals surface area contributed by atoms with E-state index in [1.807, 2.05) is 6.92 Å². The Hall–Kier alpha value is -1.23. The molecule has 0 fully saturated rings. The summed E-state index contributed by atoms with van der Waals surface area (Å²) >= 11 is 0. The van der Waals surface area contributed by atoms with Gasteiger partial charge in [0, 0.05) is 13.7 Å². The van der Waals surface area contributed by atoms with Crippen LogP contribution in [0, 0.1) is 0 Å². The van der Waals surface area contributed by atoms with Crippen molar-refractivity contribution >= 4 is 29.9 Å². The van der Waals surface area contributed by atoms with Crippen molar-refractivity contribution in [3.63, 3.8) is 0 Å². The second kappa shape index (κ2) is 12.2. The van der Waals surface area contributed by atoms with E-state index in [1.165, 1.54) is 12.1 Å². The Morgan fingerprint density at radius 1 is 1.12 bits per heavy atom. The standard InChI is InChI=1S/C15H22F3N3O2.HI/c1-3-19-14(20-8-10-22-2)21-9-11-23-13-6-4-12(5-7-13)15(16,17)18;/h4-7H,3,8-11H2,1-2H3,(H2,19,20,21);1H. The summed E-state index contributed by atoms with van der Waals surface area (Å²) in [6.07, 6.45) is -4.33. The third-order valence-corrected chi connectivity index (χ3v) is 2.75. The Labute approximate surface area is 157 Å². The van der Waals surface area contributed by atoms with Gasteiger partial charge in [0.15, 0.2) is 5.96 Å². The van der Waals surface area contributed by atoms with Crippen LogP contribution in [0.5, 0.6) is 5.75 Å². The molecule has 0 aliphatic heterocycles. The first-order valence-corrected chi connectivity index (χ1v) is 7.28. The van der Waals surface area contributed by atoms with Crippen LogP contribution >= 0.6 is 24.0 Å². The molecule has 0 unspecified atom stereocenters. The van der Waals surface area contributed by atoms with Crippen LogP contribution in [0.2, 0.25) is 0 Å². The number of rotatable bonds is 8. The van der Waals surface area contributed by atoms with Crippen molar-refractivity contribution in [3.8, 4) is 5.75 Å². The molecule has 0 aromatic heterocycles. The number of hydrogen-bond donors (Lipinski definition) is 2. The van der Waals surface area contributed by atoms with Crippen molar-refractivity contribution in [2.24, 2.45) is 4.99 Å². The summed E-state index contributed by atoms with van der Waals surface area (Å²) in [5.74, 6) is 1.03. The number of aliphatic imine (C=N–C) groups is 1. The lowest BCUT2D eigenvalue weighted by Crippen LogP contribution is -2.39. The minimum absolute atomic E-state index is 0. The van der Waals surface area contributed by atoms with Crippen molar-refractivity contribution in [1.29, 1.82) is 0 Å². The Morgan fingerprint density at radius 2 is 1.79 bits per heavy atom. The zero-order valence-electron chi connectivity index (χ0n) is 13.7. The maximum atomic E-state index is 12.4. The van der Waals surface area contributed by atoms with Crippen molar-refractivity contribution in [2.75, 3.05) is 40.0 Å². The Kier molecular flexibility index (Phi) is 11.6. The largest absolute Gasteiger partial charge is 0.492 e. The molecule has 1 aromatic rings. The molecule has 0 atom stereocenters. The summed E-state index contributed by atoms with van der Waals surface area (Å²) in [6, 6.07) is 4.61. The normalized spacial score (nSPS) is 11.6. The number of hydrogen-bond acceptors (Lipinski definition) is 3. The van der Waals surface area contributed by atoms with Gasteiger partial charge < -0.3 is 20.1 Å². The number of benzene rings is 1. The molecule has 5 nitrogen and oxygen atoms in total. The number of ether oxygens (including phenoxy) is 2. The number of halogens is 4. The molecule has 2 N–H and O–H groups in total. The highest BCUT2D eigenvalue weighted by atomic mass is 127. The molecule has 0 radical (unpaired) electrons. The van der Waals surface area contributed by atoms with E-state index in [2.05, 4.69) is 15.6 Å². The van der Waals surface area contributed by atoms with Crippen LogP contribution in [0.1, 0.15) is 12.5 Å². The summed E-state index contributed by atoms with van der Waals surface area (Å²) in [5.41, 5.74) is -0.692. The first kappa shape index (κ1) is 22.8. The van der Waals surface area contributed by atoms with Crippen LogP contribution in [0.4, 0.5) is 13.2 Å². The van der Waals surface area contributed by atoms with Gasteiger partial charge in [-0.05, 0) is 31.2 Å². The lowest BCUT2D eigenvalue weighted by molar-refractivity contribution is -0.137. The lowest BCUT2D eigenvalue weighted by Gasteiger charge is -2.12. The number of methoxy groups -OCH3 is 1. The van der Waals surface area contributed by atoms with Gasteiger partial charge in [-0.25, -0.2) is 0 Å². The zero-order chi connectivity index (χ0) is 17.1. The maximum absolute atomic E-state index is 12.4. The molecule has 138 valence electrons. The summed E-state index contributed by atoms with van der Waals surface area (Å²) < 4.78 is 47.6. The minimum Gasteiger partial charge on any atom is -0.492 e.